The predicted octanol–water partition coefficient (Wildman–Crippen LogP) is 0.854. The molecule has 1 fully saturated rings. The molecule has 1 heterocycles. The van der Waals surface area contributed by atoms with Crippen LogP contribution in [0.1, 0.15) is 19.3 Å². The van der Waals surface area contributed by atoms with Crippen LogP contribution in [-0.4, -0.2) is 25.4 Å². The molecule has 60 valence electrons. The highest BCUT2D eigenvalue weighted by molar-refractivity contribution is 4.85. The van der Waals surface area contributed by atoms with Crippen molar-refractivity contribution in [2.45, 2.75) is 24.8 Å². The lowest BCUT2D eigenvalue weighted by Crippen LogP contribution is -2.47. The Balaban J connectivity index is 2.32. The average molecular weight is 147 g/mol. The second-order valence-corrected chi connectivity index (χ2v) is 2.96. The van der Waals surface area contributed by atoms with E-state index in [1.165, 1.54) is 0 Å². The zero-order chi connectivity index (χ0) is 7.45. The van der Waals surface area contributed by atoms with Gasteiger partial charge >= 0.3 is 0 Å². The maximum atomic E-state index is 11.9. The zero-order valence-electron chi connectivity index (χ0n) is 6.11. The van der Waals surface area contributed by atoms with Crippen LogP contribution in [0.2, 0.25) is 0 Å². The first-order chi connectivity index (χ1) is 4.77. The van der Waals surface area contributed by atoms with Gasteiger partial charge in [0.15, 0.2) is 0 Å². The number of rotatable bonds is 2. The third-order valence-corrected chi connectivity index (χ3v) is 1.95. The molecule has 1 atom stereocenters. The Kier molecular flexibility index (Phi) is 2.63. The number of nitrogens with two attached hydrogens (primary N) is 1. The molecule has 2 N–H and O–H groups in total. The smallest absolute Gasteiger partial charge is 0.0912 e. The molecule has 1 unspecified atom stereocenters. The molecule has 0 spiro atoms. The molecule has 0 bridgehead atoms. The topological polar surface area (TPSA) is 35.2 Å². The summed E-state index contributed by atoms with van der Waals surface area (Å²) >= 11 is 0. The van der Waals surface area contributed by atoms with Crippen molar-refractivity contribution in [3.8, 4) is 0 Å². The van der Waals surface area contributed by atoms with Crippen LogP contribution in [0, 0.1) is 0 Å². The average Bonchev–Trinajstić information content (AvgIpc) is 1.89. The van der Waals surface area contributed by atoms with E-state index < -0.39 is 0 Å². The maximum Gasteiger partial charge on any atom is 0.0912 e. The number of alkyl halides is 1. The van der Waals surface area contributed by atoms with Gasteiger partial charge in [0.05, 0.1) is 13.3 Å². The summed E-state index contributed by atoms with van der Waals surface area (Å²) < 4.78 is 17.0. The molecule has 3 heteroatoms. The van der Waals surface area contributed by atoms with Gasteiger partial charge in [0.25, 0.3) is 0 Å². The van der Waals surface area contributed by atoms with E-state index >= 15 is 0 Å². The van der Waals surface area contributed by atoms with Crippen LogP contribution >= 0.6 is 0 Å². The van der Waals surface area contributed by atoms with E-state index in [4.69, 9.17) is 10.5 Å². The van der Waals surface area contributed by atoms with Crippen LogP contribution < -0.4 is 5.73 Å². The molecule has 1 rings (SSSR count). The lowest BCUT2D eigenvalue weighted by molar-refractivity contribution is 0.0318. The summed E-state index contributed by atoms with van der Waals surface area (Å²) in [6, 6.07) is 0. The highest BCUT2D eigenvalue weighted by Crippen LogP contribution is 2.19. The van der Waals surface area contributed by atoms with Crippen molar-refractivity contribution in [3.63, 3.8) is 0 Å². The number of hydrogen-bond acceptors (Lipinski definition) is 2. The third kappa shape index (κ3) is 1.92. The van der Waals surface area contributed by atoms with Gasteiger partial charge in [-0.15, -0.1) is 0 Å². The highest BCUT2D eigenvalue weighted by atomic mass is 19.1. The predicted molar refractivity (Wildman–Crippen MR) is 37.6 cm³/mol. The van der Waals surface area contributed by atoms with Crippen molar-refractivity contribution in [1.82, 2.24) is 0 Å². The summed E-state index contributed by atoms with van der Waals surface area (Å²) in [5, 5.41) is 0. The van der Waals surface area contributed by atoms with Crippen molar-refractivity contribution in [2.24, 2.45) is 5.73 Å². The lowest BCUT2D eigenvalue weighted by Gasteiger charge is -2.32. The molecule has 0 radical (unpaired) electrons. The molecule has 2 nitrogen and oxygen atoms in total. The fourth-order valence-electron chi connectivity index (χ4n) is 1.26. The number of hydrogen-bond donors (Lipinski definition) is 1. The van der Waals surface area contributed by atoms with Gasteiger partial charge in [-0.25, -0.2) is 0 Å². The van der Waals surface area contributed by atoms with Crippen LogP contribution in [0.3, 0.4) is 0 Å². The Bertz CT molecular complexity index is 96.3. The monoisotopic (exact) mass is 147 g/mol. The summed E-state index contributed by atoms with van der Waals surface area (Å²) in [6.45, 7) is 0.974. The molecule has 0 aromatic rings. The van der Waals surface area contributed by atoms with Crippen molar-refractivity contribution in [2.75, 3.05) is 19.9 Å². The molecule has 0 aliphatic carbocycles. The van der Waals surface area contributed by atoms with Crippen molar-refractivity contribution in [3.05, 3.63) is 0 Å². The molecule has 0 amide bonds. The molecule has 1 saturated heterocycles. The minimum absolute atomic E-state index is 0.333. The van der Waals surface area contributed by atoms with E-state index in [0.717, 1.165) is 19.4 Å². The van der Waals surface area contributed by atoms with E-state index in [-0.39, 0.29) is 12.2 Å². The van der Waals surface area contributed by atoms with Gasteiger partial charge in [0.2, 0.25) is 0 Å². The normalized spacial score (nSPS) is 34.2. The lowest BCUT2D eigenvalue weighted by atomic mass is 9.91. The van der Waals surface area contributed by atoms with Crippen LogP contribution in [0.5, 0.6) is 0 Å². The molecule has 0 aromatic carbocycles. The molecular formula is C7H14FNO. The summed E-state index contributed by atoms with van der Waals surface area (Å²) in [5.74, 6) is 0. The van der Waals surface area contributed by atoms with Gasteiger partial charge in [-0.05, 0) is 19.3 Å². The van der Waals surface area contributed by atoms with E-state index in [9.17, 15) is 4.39 Å². The minimum Gasteiger partial charge on any atom is -0.380 e. The van der Waals surface area contributed by atoms with Crippen LogP contribution in [0.25, 0.3) is 0 Å². The zero-order valence-corrected chi connectivity index (χ0v) is 6.11. The van der Waals surface area contributed by atoms with Crippen molar-refractivity contribution >= 4 is 0 Å². The Morgan fingerprint density at radius 1 is 1.60 bits per heavy atom. The quantitative estimate of drug-likeness (QED) is 0.628. The fourth-order valence-corrected chi connectivity index (χ4v) is 1.26. The van der Waals surface area contributed by atoms with Crippen molar-refractivity contribution < 1.29 is 9.13 Å². The molecule has 0 saturated carbocycles. The molecule has 1 aliphatic heterocycles. The first kappa shape index (κ1) is 7.95. The van der Waals surface area contributed by atoms with Gasteiger partial charge in [-0.3, -0.25) is 4.39 Å². The Morgan fingerprint density at radius 3 is 2.90 bits per heavy atom. The van der Waals surface area contributed by atoms with Crippen molar-refractivity contribution in [1.29, 1.82) is 0 Å². The van der Waals surface area contributed by atoms with Gasteiger partial charge in [0, 0.05) is 12.1 Å². The summed E-state index contributed by atoms with van der Waals surface area (Å²) in [4.78, 5) is 0. The fraction of sp³-hybridized carbons (Fsp3) is 1.00. The summed E-state index contributed by atoms with van der Waals surface area (Å²) in [7, 11) is 0. The number of ether oxygens (including phenoxy) is 1. The second-order valence-electron chi connectivity index (χ2n) is 2.96. The van der Waals surface area contributed by atoms with E-state index in [1.807, 2.05) is 0 Å². The molecule has 10 heavy (non-hydrogen) atoms. The Hall–Kier alpha value is -0.150. The molecular weight excluding hydrogens is 133 g/mol. The summed E-state index contributed by atoms with van der Waals surface area (Å²) in [6.07, 6.45) is 2.31. The maximum absolute atomic E-state index is 11.9. The van der Waals surface area contributed by atoms with E-state index in [2.05, 4.69) is 0 Å². The van der Waals surface area contributed by atoms with Gasteiger partial charge in [-0.2, -0.15) is 0 Å². The third-order valence-electron chi connectivity index (χ3n) is 1.95. The van der Waals surface area contributed by atoms with Gasteiger partial charge in [0.1, 0.15) is 0 Å². The van der Waals surface area contributed by atoms with Crippen LogP contribution in [0.4, 0.5) is 4.39 Å². The van der Waals surface area contributed by atoms with E-state index in [1.54, 1.807) is 0 Å². The highest BCUT2D eigenvalue weighted by Gasteiger charge is 2.27. The largest absolute Gasteiger partial charge is 0.380 e. The van der Waals surface area contributed by atoms with E-state index in [0.29, 0.717) is 13.0 Å². The van der Waals surface area contributed by atoms with Gasteiger partial charge in [-0.1, -0.05) is 0 Å². The second kappa shape index (κ2) is 3.30. The Morgan fingerprint density at radius 2 is 2.40 bits per heavy atom. The first-order valence-electron chi connectivity index (χ1n) is 3.69. The van der Waals surface area contributed by atoms with Gasteiger partial charge < -0.3 is 10.5 Å². The SMILES string of the molecule is NC1(CCF)CCCOC1. The summed E-state index contributed by atoms with van der Waals surface area (Å²) in [5.41, 5.74) is 5.44. The Labute approximate surface area is 60.5 Å². The standard InChI is InChI=1S/C7H14FNO/c8-4-3-7(9)2-1-5-10-6-7/h1-6,9H2. The minimum atomic E-state index is -0.368. The molecule has 0 aromatic heterocycles. The van der Waals surface area contributed by atoms with Crippen LogP contribution in [0.15, 0.2) is 0 Å². The first-order valence-corrected chi connectivity index (χ1v) is 3.69. The number of halogens is 1. The molecule has 1 aliphatic rings. The van der Waals surface area contributed by atoms with Crippen LogP contribution in [-0.2, 0) is 4.74 Å².